The lowest BCUT2D eigenvalue weighted by Gasteiger charge is -2.34. The second-order valence-corrected chi connectivity index (χ2v) is 10.0. The van der Waals surface area contributed by atoms with Gasteiger partial charge in [0.25, 0.3) is 0 Å². The summed E-state index contributed by atoms with van der Waals surface area (Å²) < 4.78 is 10.5. The zero-order chi connectivity index (χ0) is 30.3. The molecule has 10 nitrogen and oxygen atoms in total. The lowest BCUT2D eigenvalue weighted by atomic mass is 9.69. The van der Waals surface area contributed by atoms with E-state index in [1.54, 1.807) is 74.5 Å². The Morgan fingerprint density at radius 1 is 0.707 bits per heavy atom. The summed E-state index contributed by atoms with van der Waals surface area (Å²) in [5.41, 5.74) is 3.11. The van der Waals surface area contributed by atoms with Crippen LogP contribution in [0.5, 0.6) is 11.5 Å². The molecule has 1 atom stereocenters. The molecule has 216 valence electrons. The first-order chi connectivity index (χ1) is 19.3. The minimum absolute atomic E-state index is 0.117. The summed E-state index contributed by atoms with van der Waals surface area (Å²) in [5.74, 6) is -4.55. The number of carbonyl (C=O) groups is 4. The summed E-state index contributed by atoms with van der Waals surface area (Å²) in [7, 11) is 0. The highest BCUT2D eigenvalue weighted by atomic mass is 16.5. The maximum Gasteiger partial charge on any atom is 0.341 e. The smallest absolute Gasteiger partial charge is 0.341 e. The topological polar surface area (TPSA) is 168 Å². The van der Waals surface area contributed by atoms with Gasteiger partial charge in [0.1, 0.15) is 11.5 Å². The van der Waals surface area contributed by atoms with Gasteiger partial charge >= 0.3 is 23.9 Å². The molecule has 41 heavy (non-hydrogen) atoms. The zero-order valence-corrected chi connectivity index (χ0v) is 22.9. The molecule has 3 rings (SSSR count). The van der Waals surface area contributed by atoms with E-state index in [0.29, 0.717) is 33.8 Å². The van der Waals surface area contributed by atoms with Crippen molar-refractivity contribution in [2.75, 3.05) is 13.2 Å². The van der Waals surface area contributed by atoms with Crippen LogP contribution in [0.4, 0.5) is 0 Å². The molecule has 10 heteroatoms. The number of ether oxygens (including phenoxy) is 2. The van der Waals surface area contributed by atoms with Gasteiger partial charge in [0.2, 0.25) is 0 Å². The van der Waals surface area contributed by atoms with Crippen molar-refractivity contribution >= 4 is 23.9 Å². The van der Waals surface area contributed by atoms with E-state index in [0.717, 1.165) is 11.1 Å². The number of aryl methyl sites for hydroxylation is 2. The number of carboxylic acid groups (broad SMARTS) is 4. The van der Waals surface area contributed by atoms with Gasteiger partial charge in [-0.3, -0.25) is 9.59 Å². The summed E-state index contributed by atoms with van der Waals surface area (Å²) in [5, 5.41) is 37.5. The quantitative estimate of drug-likeness (QED) is 0.220. The molecule has 3 aromatic rings. The lowest BCUT2D eigenvalue weighted by Crippen LogP contribution is -2.30. The highest BCUT2D eigenvalue weighted by molar-refractivity contribution is 5.78. The molecule has 0 bridgehead atoms. The molecular formula is C31H32O10. The Balaban J connectivity index is 2.07. The fourth-order valence-electron chi connectivity index (χ4n) is 4.90. The average Bonchev–Trinajstić information content (AvgIpc) is 2.91. The normalized spacial score (nSPS) is 11.9. The number of hydrogen-bond acceptors (Lipinski definition) is 6. The van der Waals surface area contributed by atoms with Crippen molar-refractivity contribution in [2.45, 2.75) is 44.9 Å². The molecular weight excluding hydrogens is 532 g/mol. The fraction of sp³-hybridized carbons (Fsp3) is 0.290. The van der Waals surface area contributed by atoms with Gasteiger partial charge in [-0.25, -0.2) is 9.59 Å². The Morgan fingerprint density at radius 2 is 1.17 bits per heavy atom. The molecule has 0 aliphatic heterocycles. The van der Waals surface area contributed by atoms with E-state index in [9.17, 15) is 29.4 Å². The maximum atomic E-state index is 12.7. The van der Waals surface area contributed by atoms with Gasteiger partial charge in [-0.15, -0.1) is 0 Å². The third-order valence-electron chi connectivity index (χ3n) is 7.06. The third kappa shape index (κ3) is 7.84. The Labute approximate surface area is 236 Å². The van der Waals surface area contributed by atoms with Crippen molar-refractivity contribution in [3.8, 4) is 11.5 Å². The molecule has 0 saturated carbocycles. The first-order valence-electron chi connectivity index (χ1n) is 12.7. The van der Waals surface area contributed by atoms with Gasteiger partial charge in [0.15, 0.2) is 13.2 Å². The lowest BCUT2D eigenvalue weighted by molar-refractivity contribution is -0.140. The first kappa shape index (κ1) is 30.7. The number of hydrogen-bond donors (Lipinski definition) is 4. The van der Waals surface area contributed by atoms with Crippen molar-refractivity contribution in [1.82, 2.24) is 0 Å². The monoisotopic (exact) mass is 564 g/mol. The van der Waals surface area contributed by atoms with Crippen LogP contribution < -0.4 is 9.47 Å². The van der Waals surface area contributed by atoms with E-state index in [2.05, 4.69) is 0 Å². The standard InChI is InChI=1S/C31H32O10/c1-18-13-25(19(2)12-20(18)14-27(32)33)26(30(38)39)15-31(3,21-4-8-23(9-5-21)40-16-28(34)35)22-6-10-24(11-7-22)41-17-29(36)37/h4-13,26H,14-17H2,1-3H3,(H,32,33)(H,34,35)(H,36,37)(H,38,39). The van der Waals surface area contributed by atoms with Gasteiger partial charge in [-0.2, -0.15) is 0 Å². The van der Waals surface area contributed by atoms with Gasteiger partial charge in [0, 0.05) is 5.41 Å². The molecule has 0 heterocycles. The summed E-state index contributed by atoms with van der Waals surface area (Å²) in [6.07, 6.45) is -0.0550. The molecule has 4 N–H and O–H groups in total. The fourth-order valence-corrected chi connectivity index (χ4v) is 4.90. The van der Waals surface area contributed by atoms with E-state index in [1.807, 2.05) is 6.92 Å². The zero-order valence-electron chi connectivity index (χ0n) is 22.9. The number of carboxylic acids is 4. The Hall–Kier alpha value is -4.86. The van der Waals surface area contributed by atoms with Gasteiger partial charge in [0.05, 0.1) is 12.3 Å². The minimum atomic E-state index is -1.12. The second-order valence-electron chi connectivity index (χ2n) is 10.0. The average molecular weight is 565 g/mol. The van der Waals surface area contributed by atoms with E-state index < -0.39 is 48.4 Å². The van der Waals surface area contributed by atoms with Crippen LogP contribution in [-0.2, 0) is 31.0 Å². The van der Waals surface area contributed by atoms with Crippen LogP contribution in [0, 0.1) is 13.8 Å². The van der Waals surface area contributed by atoms with Crippen molar-refractivity contribution in [2.24, 2.45) is 0 Å². The molecule has 1 unspecified atom stereocenters. The molecule has 0 aromatic heterocycles. The maximum absolute atomic E-state index is 12.7. The van der Waals surface area contributed by atoms with E-state index in [4.69, 9.17) is 19.7 Å². The summed E-state index contributed by atoms with van der Waals surface area (Å²) >= 11 is 0. The van der Waals surface area contributed by atoms with Crippen LogP contribution in [-0.4, -0.2) is 57.5 Å². The second kappa shape index (κ2) is 13.0. The van der Waals surface area contributed by atoms with E-state index in [1.165, 1.54) is 0 Å². The predicted octanol–water partition coefficient (Wildman–Crippen LogP) is 4.42. The van der Waals surface area contributed by atoms with Crippen molar-refractivity contribution < 1.29 is 49.1 Å². The Bertz CT molecular complexity index is 1360. The molecule has 0 saturated heterocycles. The largest absolute Gasteiger partial charge is 0.482 e. The number of benzene rings is 3. The summed E-state index contributed by atoms with van der Waals surface area (Å²) in [4.78, 5) is 45.8. The van der Waals surface area contributed by atoms with Crippen LogP contribution in [0.15, 0.2) is 60.7 Å². The molecule has 0 aliphatic carbocycles. The first-order valence-corrected chi connectivity index (χ1v) is 12.7. The number of aliphatic carboxylic acids is 4. The van der Waals surface area contributed by atoms with Gasteiger partial charge < -0.3 is 29.9 Å². The van der Waals surface area contributed by atoms with Crippen molar-refractivity contribution in [1.29, 1.82) is 0 Å². The highest BCUT2D eigenvalue weighted by Crippen LogP contribution is 2.43. The van der Waals surface area contributed by atoms with Crippen LogP contribution in [0.1, 0.15) is 52.6 Å². The van der Waals surface area contributed by atoms with Crippen molar-refractivity contribution in [3.05, 3.63) is 94.0 Å². The summed E-state index contributed by atoms with van der Waals surface area (Å²) in [6, 6.07) is 16.9. The van der Waals surface area contributed by atoms with Crippen LogP contribution in [0.2, 0.25) is 0 Å². The minimum Gasteiger partial charge on any atom is -0.482 e. The Morgan fingerprint density at radius 3 is 1.56 bits per heavy atom. The molecule has 3 aromatic carbocycles. The SMILES string of the molecule is Cc1cc(C(CC(C)(c2ccc(OCC(=O)O)cc2)c2ccc(OCC(=O)O)cc2)C(=O)O)c(C)cc1CC(=O)O. The third-order valence-corrected chi connectivity index (χ3v) is 7.06. The van der Waals surface area contributed by atoms with Crippen LogP contribution in [0.3, 0.4) is 0 Å². The Kier molecular flexibility index (Phi) is 9.72. The highest BCUT2D eigenvalue weighted by Gasteiger charge is 2.36. The van der Waals surface area contributed by atoms with Gasteiger partial charge in [-0.05, 0) is 77.9 Å². The molecule has 0 amide bonds. The van der Waals surface area contributed by atoms with E-state index >= 15 is 0 Å². The predicted molar refractivity (Wildman–Crippen MR) is 148 cm³/mol. The van der Waals surface area contributed by atoms with Crippen LogP contribution in [0.25, 0.3) is 0 Å². The molecule has 0 spiro atoms. The molecule has 0 aliphatic rings. The number of rotatable bonds is 14. The van der Waals surface area contributed by atoms with Gasteiger partial charge in [-0.1, -0.05) is 43.3 Å². The summed E-state index contributed by atoms with van der Waals surface area (Å²) in [6.45, 7) is 4.39. The molecule has 0 fully saturated rings. The van der Waals surface area contributed by atoms with Crippen LogP contribution >= 0.6 is 0 Å². The molecule has 0 radical (unpaired) electrons. The van der Waals surface area contributed by atoms with Crippen molar-refractivity contribution in [3.63, 3.8) is 0 Å². The van der Waals surface area contributed by atoms with E-state index in [-0.39, 0.29) is 12.8 Å².